The molecule has 0 aliphatic heterocycles. The summed E-state index contributed by atoms with van der Waals surface area (Å²) in [5.41, 5.74) is 5.38. The predicted octanol–water partition coefficient (Wildman–Crippen LogP) is 2.42. The van der Waals surface area contributed by atoms with Crippen LogP contribution in [0.4, 0.5) is 0 Å². The minimum Gasteiger partial charge on any atom is -0.481 e. The van der Waals surface area contributed by atoms with Gasteiger partial charge in [0.1, 0.15) is 5.78 Å². The Morgan fingerprint density at radius 1 is 1.24 bits per heavy atom. The van der Waals surface area contributed by atoms with Gasteiger partial charge in [0.25, 0.3) is 0 Å². The summed E-state index contributed by atoms with van der Waals surface area (Å²) in [4.78, 5) is 23.4. The first-order chi connectivity index (χ1) is 10.0. The number of nitrogens with one attached hydrogen (secondary N) is 1. The van der Waals surface area contributed by atoms with Gasteiger partial charge in [-0.3, -0.25) is 9.59 Å². The van der Waals surface area contributed by atoms with Crippen LogP contribution in [0.1, 0.15) is 57.8 Å². The second-order valence-corrected chi connectivity index (χ2v) is 5.97. The molecule has 0 aromatic heterocycles. The van der Waals surface area contributed by atoms with Gasteiger partial charge in [-0.25, -0.2) is 0 Å². The van der Waals surface area contributed by atoms with Crippen molar-refractivity contribution in [2.75, 3.05) is 6.54 Å². The molecule has 1 aliphatic rings. The Balaban J connectivity index is 2.28. The minimum atomic E-state index is -0.807. The molecule has 1 saturated carbocycles. The zero-order chi connectivity index (χ0) is 15.7. The standard InChI is InChI=1S/C16H28N2O3/c1-12(17)18-11-5-8-14(16(20)21)9-10-15(19)13-6-3-2-4-7-13/h13-14,18H,1-11,17H2,(H,20,21)/t14-/m1/s1. The lowest BCUT2D eigenvalue weighted by Gasteiger charge is -2.21. The lowest BCUT2D eigenvalue weighted by Crippen LogP contribution is -2.23. The lowest BCUT2D eigenvalue weighted by molar-refractivity contribution is -0.142. The van der Waals surface area contributed by atoms with Gasteiger partial charge < -0.3 is 16.2 Å². The van der Waals surface area contributed by atoms with E-state index in [1.54, 1.807) is 0 Å². The average molecular weight is 296 g/mol. The molecule has 0 amide bonds. The summed E-state index contributed by atoms with van der Waals surface area (Å²) in [5, 5.41) is 12.1. The molecule has 0 unspecified atom stereocenters. The van der Waals surface area contributed by atoms with Crippen molar-refractivity contribution in [2.24, 2.45) is 17.6 Å². The summed E-state index contributed by atoms with van der Waals surface area (Å²) in [6.07, 6.45) is 7.59. The van der Waals surface area contributed by atoms with Gasteiger partial charge in [0.2, 0.25) is 0 Å². The monoisotopic (exact) mass is 296 g/mol. The molecule has 5 heteroatoms. The molecule has 0 aromatic rings. The van der Waals surface area contributed by atoms with Gasteiger partial charge in [0, 0.05) is 18.9 Å². The average Bonchev–Trinajstić information content (AvgIpc) is 2.46. The van der Waals surface area contributed by atoms with E-state index < -0.39 is 11.9 Å². The summed E-state index contributed by atoms with van der Waals surface area (Å²) < 4.78 is 0. The molecule has 0 saturated heterocycles. The Bertz CT molecular complexity index is 363. The van der Waals surface area contributed by atoms with Gasteiger partial charge in [-0.2, -0.15) is 0 Å². The molecule has 0 bridgehead atoms. The highest BCUT2D eigenvalue weighted by molar-refractivity contribution is 5.81. The fourth-order valence-electron chi connectivity index (χ4n) is 2.93. The minimum absolute atomic E-state index is 0.176. The van der Waals surface area contributed by atoms with Crippen LogP contribution in [0.5, 0.6) is 0 Å². The van der Waals surface area contributed by atoms with E-state index in [9.17, 15) is 14.7 Å². The number of carboxylic acids is 1. The van der Waals surface area contributed by atoms with Crippen LogP contribution in [0.2, 0.25) is 0 Å². The quantitative estimate of drug-likeness (QED) is 0.538. The van der Waals surface area contributed by atoms with Crippen molar-refractivity contribution < 1.29 is 14.7 Å². The van der Waals surface area contributed by atoms with Gasteiger partial charge in [-0.05, 0) is 32.1 Å². The molecule has 120 valence electrons. The van der Waals surface area contributed by atoms with E-state index in [4.69, 9.17) is 5.73 Å². The van der Waals surface area contributed by atoms with Crippen LogP contribution in [0, 0.1) is 11.8 Å². The third kappa shape index (κ3) is 7.16. The van der Waals surface area contributed by atoms with Crippen LogP contribution in [-0.2, 0) is 9.59 Å². The smallest absolute Gasteiger partial charge is 0.306 e. The van der Waals surface area contributed by atoms with Crippen molar-refractivity contribution in [1.29, 1.82) is 0 Å². The van der Waals surface area contributed by atoms with E-state index in [2.05, 4.69) is 11.9 Å². The van der Waals surface area contributed by atoms with Crippen LogP contribution in [0.25, 0.3) is 0 Å². The maximum atomic E-state index is 12.1. The van der Waals surface area contributed by atoms with E-state index in [0.29, 0.717) is 38.0 Å². The third-order valence-corrected chi connectivity index (χ3v) is 4.23. The maximum absolute atomic E-state index is 12.1. The fourth-order valence-corrected chi connectivity index (χ4v) is 2.93. The van der Waals surface area contributed by atoms with Crippen molar-refractivity contribution >= 4 is 11.8 Å². The number of Topliss-reactive ketones (excluding diaryl/α,β-unsaturated/α-hetero) is 1. The molecular formula is C16H28N2O3. The zero-order valence-electron chi connectivity index (χ0n) is 12.8. The molecule has 1 rings (SSSR count). The normalized spacial score (nSPS) is 17.1. The molecule has 4 N–H and O–H groups in total. The van der Waals surface area contributed by atoms with Crippen LogP contribution in [-0.4, -0.2) is 23.4 Å². The number of carbonyl (C=O) groups excluding carboxylic acids is 1. The first-order valence-corrected chi connectivity index (χ1v) is 7.94. The molecule has 1 fully saturated rings. The molecule has 0 radical (unpaired) electrons. The summed E-state index contributed by atoms with van der Waals surface area (Å²) in [6, 6.07) is 0. The van der Waals surface area contributed by atoms with Crippen LogP contribution >= 0.6 is 0 Å². The van der Waals surface area contributed by atoms with Crippen molar-refractivity contribution in [3.05, 3.63) is 12.4 Å². The second kappa shape index (κ2) is 9.42. The SMILES string of the molecule is C=C(N)NCCC[C@H](CCC(=O)C1CCCCC1)C(=O)O. The topological polar surface area (TPSA) is 92.4 Å². The molecule has 1 atom stereocenters. The Morgan fingerprint density at radius 2 is 1.90 bits per heavy atom. The predicted molar refractivity (Wildman–Crippen MR) is 82.5 cm³/mol. The highest BCUT2D eigenvalue weighted by atomic mass is 16.4. The number of hydrogen-bond acceptors (Lipinski definition) is 4. The molecule has 1 aliphatic carbocycles. The number of carbonyl (C=O) groups is 2. The van der Waals surface area contributed by atoms with E-state index >= 15 is 0 Å². The maximum Gasteiger partial charge on any atom is 0.306 e. The summed E-state index contributed by atoms with van der Waals surface area (Å²) in [5.74, 6) is -0.414. The first-order valence-electron chi connectivity index (χ1n) is 7.94. The first kappa shape index (κ1) is 17.5. The Kier molecular flexibility index (Phi) is 7.87. The summed E-state index contributed by atoms with van der Waals surface area (Å²) >= 11 is 0. The lowest BCUT2D eigenvalue weighted by atomic mass is 9.83. The van der Waals surface area contributed by atoms with E-state index in [1.165, 1.54) is 6.42 Å². The van der Waals surface area contributed by atoms with Crippen molar-refractivity contribution in [1.82, 2.24) is 5.32 Å². The Labute approximate surface area is 127 Å². The number of ketones is 1. The van der Waals surface area contributed by atoms with E-state index in [1.807, 2.05) is 0 Å². The third-order valence-electron chi connectivity index (χ3n) is 4.23. The van der Waals surface area contributed by atoms with Crippen LogP contribution < -0.4 is 11.1 Å². The molecule has 0 heterocycles. The second-order valence-electron chi connectivity index (χ2n) is 5.97. The Hall–Kier alpha value is -1.52. The van der Waals surface area contributed by atoms with Crippen LogP contribution in [0.3, 0.4) is 0 Å². The highest BCUT2D eigenvalue weighted by Crippen LogP contribution is 2.26. The Morgan fingerprint density at radius 3 is 2.48 bits per heavy atom. The van der Waals surface area contributed by atoms with E-state index in [-0.39, 0.29) is 11.7 Å². The molecule has 0 spiro atoms. The number of nitrogens with two attached hydrogens (primary N) is 1. The van der Waals surface area contributed by atoms with Crippen molar-refractivity contribution in [3.63, 3.8) is 0 Å². The number of carboxylic acid groups (broad SMARTS) is 1. The molecule has 5 nitrogen and oxygen atoms in total. The molecule has 21 heavy (non-hydrogen) atoms. The van der Waals surface area contributed by atoms with Crippen molar-refractivity contribution in [3.8, 4) is 0 Å². The largest absolute Gasteiger partial charge is 0.481 e. The highest BCUT2D eigenvalue weighted by Gasteiger charge is 2.23. The molecule has 0 aromatic carbocycles. The van der Waals surface area contributed by atoms with Gasteiger partial charge >= 0.3 is 5.97 Å². The van der Waals surface area contributed by atoms with Gasteiger partial charge in [-0.1, -0.05) is 25.8 Å². The number of aliphatic carboxylic acids is 1. The molecular weight excluding hydrogens is 268 g/mol. The van der Waals surface area contributed by atoms with Gasteiger partial charge in [0.15, 0.2) is 0 Å². The fraction of sp³-hybridized carbons (Fsp3) is 0.750. The number of rotatable bonds is 10. The van der Waals surface area contributed by atoms with Crippen molar-refractivity contribution in [2.45, 2.75) is 57.8 Å². The summed E-state index contributed by atoms with van der Waals surface area (Å²) in [6.45, 7) is 4.14. The van der Waals surface area contributed by atoms with Gasteiger partial charge in [-0.15, -0.1) is 0 Å². The van der Waals surface area contributed by atoms with Crippen LogP contribution in [0.15, 0.2) is 12.4 Å². The van der Waals surface area contributed by atoms with E-state index in [0.717, 1.165) is 25.7 Å². The zero-order valence-corrected chi connectivity index (χ0v) is 12.8. The van der Waals surface area contributed by atoms with Gasteiger partial charge in [0.05, 0.1) is 11.7 Å². The number of hydrogen-bond donors (Lipinski definition) is 3. The summed E-state index contributed by atoms with van der Waals surface area (Å²) in [7, 11) is 0.